The van der Waals surface area contributed by atoms with E-state index in [4.69, 9.17) is 0 Å². The molecule has 2 aromatic rings. The molecule has 7 nitrogen and oxygen atoms in total. The molecule has 1 aromatic carbocycles. The third kappa shape index (κ3) is 3.99. The Kier molecular flexibility index (Phi) is 4.53. The van der Waals surface area contributed by atoms with E-state index in [9.17, 15) is 18.5 Å². The van der Waals surface area contributed by atoms with Crippen molar-refractivity contribution in [1.82, 2.24) is 4.98 Å². The second-order valence-corrected chi connectivity index (χ2v) is 7.10. The quantitative estimate of drug-likeness (QED) is 0.644. The summed E-state index contributed by atoms with van der Waals surface area (Å²) in [5.74, 6) is 0. The maximum atomic E-state index is 11.4. The second-order valence-electron chi connectivity index (χ2n) is 4.36. The van der Waals surface area contributed by atoms with Gasteiger partial charge in [0, 0.05) is 30.7 Å². The number of nitrogens with zero attached hydrogens (tertiary/aromatic N) is 2. The number of rotatable bonds is 6. The highest BCUT2D eigenvalue weighted by Crippen LogP contribution is 2.27. The maximum Gasteiger partial charge on any atom is 0.293 e. The van der Waals surface area contributed by atoms with Crippen molar-refractivity contribution in [3.63, 3.8) is 0 Å². The Morgan fingerprint density at radius 3 is 2.76 bits per heavy atom. The zero-order valence-electron chi connectivity index (χ0n) is 11.1. The van der Waals surface area contributed by atoms with Gasteiger partial charge in [-0.3, -0.25) is 10.1 Å². The lowest BCUT2D eigenvalue weighted by Gasteiger charge is -2.07. The van der Waals surface area contributed by atoms with E-state index in [0.29, 0.717) is 18.7 Å². The lowest BCUT2D eigenvalue weighted by molar-refractivity contribution is -0.384. The first kappa shape index (κ1) is 15.4. The van der Waals surface area contributed by atoms with Crippen LogP contribution in [0.5, 0.6) is 0 Å². The predicted molar refractivity (Wildman–Crippen MR) is 80.5 cm³/mol. The molecule has 2 rings (SSSR count). The van der Waals surface area contributed by atoms with Crippen LogP contribution in [0.4, 0.5) is 11.4 Å². The Morgan fingerprint density at radius 2 is 2.19 bits per heavy atom. The van der Waals surface area contributed by atoms with E-state index in [1.54, 1.807) is 5.51 Å². The van der Waals surface area contributed by atoms with Crippen molar-refractivity contribution in [3.8, 4) is 0 Å². The molecule has 0 atom stereocenters. The van der Waals surface area contributed by atoms with Gasteiger partial charge < -0.3 is 5.32 Å². The van der Waals surface area contributed by atoms with E-state index in [0.717, 1.165) is 18.0 Å². The molecular formula is C12H13N3O4S2. The lowest BCUT2D eigenvalue weighted by Crippen LogP contribution is -2.08. The van der Waals surface area contributed by atoms with Crippen LogP contribution in [0.25, 0.3) is 0 Å². The molecule has 0 spiro atoms. The van der Waals surface area contributed by atoms with Crippen molar-refractivity contribution in [1.29, 1.82) is 0 Å². The summed E-state index contributed by atoms with van der Waals surface area (Å²) in [7, 11) is -3.47. The molecule has 1 heterocycles. The van der Waals surface area contributed by atoms with E-state index in [-0.39, 0.29) is 10.6 Å². The van der Waals surface area contributed by atoms with Gasteiger partial charge >= 0.3 is 0 Å². The third-order valence-corrected chi connectivity index (χ3v) is 4.52. The Bertz CT molecular complexity index is 742. The molecular weight excluding hydrogens is 314 g/mol. The monoisotopic (exact) mass is 327 g/mol. The Morgan fingerprint density at radius 1 is 1.43 bits per heavy atom. The predicted octanol–water partition coefficient (Wildman–Crippen LogP) is 2.11. The van der Waals surface area contributed by atoms with Gasteiger partial charge in [-0.2, -0.15) is 0 Å². The van der Waals surface area contributed by atoms with Crippen LogP contribution in [-0.2, 0) is 16.3 Å². The van der Waals surface area contributed by atoms with Gasteiger partial charge in [-0.1, -0.05) is 0 Å². The van der Waals surface area contributed by atoms with Crippen LogP contribution in [0.1, 0.15) is 5.69 Å². The van der Waals surface area contributed by atoms with Crippen molar-refractivity contribution >= 4 is 32.5 Å². The summed E-state index contributed by atoms with van der Waals surface area (Å²) >= 11 is 1.48. The second kappa shape index (κ2) is 6.19. The Hall–Kier alpha value is -2.00. The number of thiazole rings is 1. The molecule has 0 unspecified atom stereocenters. The van der Waals surface area contributed by atoms with Crippen molar-refractivity contribution in [2.24, 2.45) is 0 Å². The van der Waals surface area contributed by atoms with Gasteiger partial charge in [0.15, 0.2) is 9.84 Å². The van der Waals surface area contributed by atoms with Crippen LogP contribution in [0.3, 0.4) is 0 Å². The maximum absolute atomic E-state index is 11.4. The fraction of sp³-hybridized carbons (Fsp3) is 0.250. The van der Waals surface area contributed by atoms with Crippen molar-refractivity contribution in [2.45, 2.75) is 11.3 Å². The van der Waals surface area contributed by atoms with Crippen molar-refractivity contribution in [2.75, 3.05) is 18.1 Å². The van der Waals surface area contributed by atoms with Crippen LogP contribution in [0.2, 0.25) is 0 Å². The number of sulfone groups is 1. The average Bonchev–Trinajstić information content (AvgIpc) is 2.90. The lowest BCUT2D eigenvalue weighted by atomic mass is 10.2. The number of anilines is 1. The number of hydrogen-bond acceptors (Lipinski definition) is 7. The summed E-state index contributed by atoms with van der Waals surface area (Å²) in [5.41, 5.74) is 2.67. The number of nitrogens with one attached hydrogen (secondary N) is 1. The summed E-state index contributed by atoms with van der Waals surface area (Å²) < 4.78 is 22.9. The van der Waals surface area contributed by atoms with Gasteiger partial charge in [-0.05, 0) is 12.1 Å². The topological polar surface area (TPSA) is 102 Å². The molecule has 0 aliphatic carbocycles. The van der Waals surface area contributed by atoms with E-state index >= 15 is 0 Å². The third-order valence-electron chi connectivity index (χ3n) is 2.77. The fourth-order valence-electron chi connectivity index (χ4n) is 1.73. The van der Waals surface area contributed by atoms with Gasteiger partial charge in [0.05, 0.1) is 21.0 Å². The Balaban J connectivity index is 2.17. The fourth-order valence-corrected chi connectivity index (χ4v) is 2.96. The molecule has 112 valence electrons. The summed E-state index contributed by atoms with van der Waals surface area (Å²) in [6.07, 6.45) is 1.65. The first-order valence-corrected chi connectivity index (χ1v) is 8.81. The summed E-state index contributed by atoms with van der Waals surface area (Å²) in [6.45, 7) is 0.475. The summed E-state index contributed by atoms with van der Waals surface area (Å²) in [4.78, 5) is 14.5. The highest BCUT2D eigenvalue weighted by molar-refractivity contribution is 7.90. The molecule has 0 fully saturated rings. The van der Waals surface area contributed by atoms with Crippen LogP contribution in [-0.4, -0.2) is 31.1 Å². The molecule has 0 aliphatic rings. The number of benzene rings is 1. The van der Waals surface area contributed by atoms with Gasteiger partial charge in [0.2, 0.25) is 0 Å². The van der Waals surface area contributed by atoms with Crippen LogP contribution in [0.15, 0.2) is 34.0 Å². The number of nitro groups is 1. The van der Waals surface area contributed by atoms with Crippen molar-refractivity contribution in [3.05, 3.63) is 44.9 Å². The van der Waals surface area contributed by atoms with Gasteiger partial charge in [-0.15, -0.1) is 11.3 Å². The van der Waals surface area contributed by atoms with E-state index in [1.807, 2.05) is 5.38 Å². The molecule has 0 saturated heterocycles. The first-order valence-electron chi connectivity index (χ1n) is 5.97. The number of aromatic nitrogens is 1. The highest BCUT2D eigenvalue weighted by Gasteiger charge is 2.18. The molecule has 1 aromatic heterocycles. The zero-order valence-corrected chi connectivity index (χ0v) is 12.8. The number of nitro benzene ring substituents is 1. The van der Waals surface area contributed by atoms with Crippen LogP contribution < -0.4 is 5.32 Å². The molecule has 0 radical (unpaired) electrons. The highest BCUT2D eigenvalue weighted by atomic mass is 32.2. The minimum absolute atomic E-state index is 0.0701. The summed E-state index contributed by atoms with van der Waals surface area (Å²) in [6, 6.07) is 3.84. The smallest absolute Gasteiger partial charge is 0.293 e. The van der Waals surface area contributed by atoms with Gasteiger partial charge in [0.25, 0.3) is 5.69 Å². The average molecular weight is 327 g/mol. The zero-order chi connectivity index (χ0) is 15.5. The van der Waals surface area contributed by atoms with Crippen molar-refractivity contribution < 1.29 is 13.3 Å². The van der Waals surface area contributed by atoms with Crippen LogP contribution in [0, 0.1) is 10.1 Å². The molecule has 0 bridgehead atoms. The first-order chi connectivity index (χ1) is 9.88. The molecule has 0 saturated carbocycles. The standard InChI is InChI=1S/C12H13N3O4S2/c1-21(18,19)10-2-3-11(12(6-10)15(16)17)13-5-4-9-7-20-8-14-9/h2-3,6-8,13H,4-5H2,1H3. The molecule has 9 heteroatoms. The SMILES string of the molecule is CS(=O)(=O)c1ccc(NCCc2cscn2)c([N+](=O)[O-])c1. The van der Waals surface area contributed by atoms with Crippen LogP contribution >= 0.6 is 11.3 Å². The Labute approximate surface area is 125 Å². The number of hydrogen-bond donors (Lipinski definition) is 1. The van der Waals surface area contributed by atoms with Gasteiger partial charge in [0.1, 0.15) is 5.69 Å². The molecule has 21 heavy (non-hydrogen) atoms. The van der Waals surface area contributed by atoms with E-state index < -0.39 is 14.8 Å². The largest absolute Gasteiger partial charge is 0.379 e. The minimum atomic E-state index is -3.47. The van der Waals surface area contributed by atoms with E-state index in [1.165, 1.54) is 23.5 Å². The summed E-state index contributed by atoms with van der Waals surface area (Å²) in [5, 5.41) is 15.9. The van der Waals surface area contributed by atoms with Gasteiger partial charge in [-0.25, -0.2) is 13.4 Å². The normalized spacial score (nSPS) is 11.3. The minimum Gasteiger partial charge on any atom is -0.379 e. The molecule has 0 amide bonds. The molecule has 0 aliphatic heterocycles. The molecule has 1 N–H and O–H groups in total. The van der Waals surface area contributed by atoms with E-state index in [2.05, 4.69) is 10.3 Å².